The van der Waals surface area contributed by atoms with Crippen LogP contribution in [0.1, 0.15) is 20.7 Å². The normalized spacial score (nSPS) is 10.1. The fourth-order valence-corrected chi connectivity index (χ4v) is 2.77. The summed E-state index contributed by atoms with van der Waals surface area (Å²) in [5.74, 6) is -1.93. The second-order valence-corrected chi connectivity index (χ2v) is 5.30. The number of carboxylic acid groups (broad SMARTS) is 2. The molecule has 19 heavy (non-hydrogen) atoms. The van der Waals surface area contributed by atoms with Crippen LogP contribution in [0, 0.1) is 0 Å². The van der Waals surface area contributed by atoms with E-state index in [1.54, 1.807) is 24.3 Å². The second-order valence-electron chi connectivity index (χ2n) is 3.90. The highest BCUT2D eigenvalue weighted by molar-refractivity contribution is 7.55. The molecule has 0 saturated heterocycles. The predicted molar refractivity (Wildman–Crippen MR) is 74.4 cm³/mol. The summed E-state index contributed by atoms with van der Waals surface area (Å²) < 4.78 is 0. The van der Waals surface area contributed by atoms with Crippen LogP contribution in [0.4, 0.5) is 0 Å². The third kappa shape index (κ3) is 3.39. The Morgan fingerprint density at radius 1 is 0.789 bits per heavy atom. The van der Waals surface area contributed by atoms with Crippen LogP contribution in [0.5, 0.6) is 0 Å². The Hall–Kier alpha value is -2.19. The summed E-state index contributed by atoms with van der Waals surface area (Å²) in [5.41, 5.74) is 0.471. The molecule has 0 saturated carbocycles. The third-order valence-electron chi connectivity index (χ3n) is 2.51. The van der Waals surface area contributed by atoms with Crippen molar-refractivity contribution in [1.82, 2.24) is 0 Å². The zero-order valence-electron chi connectivity index (χ0n) is 9.83. The Bertz CT molecular complexity index is 581. The number of benzene rings is 2. The van der Waals surface area contributed by atoms with E-state index in [1.807, 2.05) is 12.1 Å². The van der Waals surface area contributed by atoms with Crippen molar-refractivity contribution in [3.63, 3.8) is 0 Å². The average Bonchev–Trinajstić information content (AvgIpc) is 2.39. The van der Waals surface area contributed by atoms with Gasteiger partial charge in [-0.15, -0.1) is 0 Å². The van der Waals surface area contributed by atoms with Gasteiger partial charge in [0, 0.05) is 0 Å². The van der Waals surface area contributed by atoms with Crippen LogP contribution in [-0.2, 0) is 0 Å². The molecule has 0 atom stereocenters. The summed E-state index contributed by atoms with van der Waals surface area (Å²) >= 11 is 0. The van der Waals surface area contributed by atoms with E-state index in [9.17, 15) is 9.59 Å². The van der Waals surface area contributed by atoms with Crippen molar-refractivity contribution in [2.24, 2.45) is 0 Å². The maximum absolute atomic E-state index is 10.9. The average molecular weight is 274 g/mol. The van der Waals surface area contributed by atoms with Gasteiger partial charge in [-0.25, -0.2) is 9.59 Å². The molecule has 0 spiro atoms. The van der Waals surface area contributed by atoms with Crippen molar-refractivity contribution in [2.45, 2.75) is 0 Å². The number of hydrogen-bond acceptors (Lipinski definition) is 2. The van der Waals surface area contributed by atoms with Crippen LogP contribution in [0.15, 0.2) is 48.5 Å². The largest absolute Gasteiger partial charge is 0.478 e. The maximum Gasteiger partial charge on any atom is 0.335 e. The van der Waals surface area contributed by atoms with E-state index in [-0.39, 0.29) is 19.7 Å². The molecule has 0 amide bonds. The van der Waals surface area contributed by atoms with E-state index in [1.165, 1.54) is 12.1 Å². The molecule has 0 fully saturated rings. The van der Waals surface area contributed by atoms with E-state index in [2.05, 4.69) is 0 Å². The van der Waals surface area contributed by atoms with Gasteiger partial charge in [-0.1, -0.05) is 32.8 Å². The molecule has 2 aromatic carbocycles. The van der Waals surface area contributed by atoms with Gasteiger partial charge in [0.25, 0.3) is 0 Å². The van der Waals surface area contributed by atoms with Gasteiger partial charge < -0.3 is 10.2 Å². The lowest BCUT2D eigenvalue weighted by molar-refractivity contribution is 0.0686. The minimum Gasteiger partial charge on any atom is -0.478 e. The Kier molecular flexibility index (Phi) is 3.93. The summed E-state index contributed by atoms with van der Waals surface area (Å²) in [7, 11) is 0.228. The monoisotopic (exact) mass is 274 g/mol. The first-order valence-corrected chi connectivity index (χ1v) is 6.50. The van der Waals surface area contributed by atoms with Gasteiger partial charge in [0.1, 0.15) is 0 Å². The first-order chi connectivity index (χ1) is 9.06. The predicted octanol–water partition coefficient (Wildman–Crippen LogP) is 1.71. The second kappa shape index (κ2) is 5.63. The SMILES string of the molecule is O=C(O)c1cccc(Pc2cccc(C(=O)O)c2)c1. The molecule has 5 heteroatoms. The third-order valence-corrected chi connectivity index (χ3v) is 3.71. The van der Waals surface area contributed by atoms with Crippen LogP contribution in [-0.4, -0.2) is 22.2 Å². The fourth-order valence-electron chi connectivity index (χ4n) is 1.63. The lowest BCUT2D eigenvalue weighted by Gasteiger charge is -2.04. The Labute approximate surface area is 111 Å². The van der Waals surface area contributed by atoms with Crippen molar-refractivity contribution >= 4 is 31.1 Å². The van der Waals surface area contributed by atoms with Crippen LogP contribution < -0.4 is 10.6 Å². The molecule has 0 aliphatic heterocycles. The van der Waals surface area contributed by atoms with Gasteiger partial charge >= 0.3 is 11.9 Å². The number of aromatic carboxylic acids is 2. The molecule has 0 unspecified atom stereocenters. The molecule has 0 bridgehead atoms. The summed E-state index contributed by atoms with van der Waals surface area (Å²) in [6.45, 7) is 0. The molecular weight excluding hydrogens is 263 g/mol. The van der Waals surface area contributed by atoms with Crippen LogP contribution in [0.2, 0.25) is 0 Å². The minimum absolute atomic E-state index is 0.228. The van der Waals surface area contributed by atoms with Crippen LogP contribution in [0.3, 0.4) is 0 Å². The molecular formula is C14H11O4P. The van der Waals surface area contributed by atoms with Crippen molar-refractivity contribution in [3.8, 4) is 0 Å². The molecule has 2 N–H and O–H groups in total. The molecule has 0 radical (unpaired) electrons. The Morgan fingerprint density at radius 2 is 1.21 bits per heavy atom. The van der Waals surface area contributed by atoms with Gasteiger partial charge in [0.05, 0.1) is 11.1 Å². The number of carboxylic acids is 2. The highest BCUT2D eigenvalue weighted by Gasteiger charge is 2.06. The van der Waals surface area contributed by atoms with Crippen molar-refractivity contribution < 1.29 is 19.8 Å². The summed E-state index contributed by atoms with van der Waals surface area (Å²) in [4.78, 5) is 21.7. The quantitative estimate of drug-likeness (QED) is 0.832. The summed E-state index contributed by atoms with van der Waals surface area (Å²) in [6.07, 6.45) is 0. The lowest BCUT2D eigenvalue weighted by Crippen LogP contribution is -2.08. The van der Waals surface area contributed by atoms with Gasteiger partial charge in [-0.05, 0) is 34.9 Å². The molecule has 0 heterocycles. The van der Waals surface area contributed by atoms with Crippen molar-refractivity contribution in [2.75, 3.05) is 0 Å². The van der Waals surface area contributed by atoms with Gasteiger partial charge in [0.2, 0.25) is 0 Å². The standard InChI is InChI=1S/C14H11O4P/c15-13(16)9-3-1-5-11(7-9)19-12-6-2-4-10(8-12)14(17)18/h1-8,19H,(H,15,16)(H,17,18). The molecule has 0 aliphatic rings. The van der Waals surface area contributed by atoms with Crippen LogP contribution >= 0.6 is 8.58 Å². The van der Waals surface area contributed by atoms with E-state index >= 15 is 0 Å². The molecule has 2 rings (SSSR count). The highest BCUT2D eigenvalue weighted by Crippen LogP contribution is 2.13. The van der Waals surface area contributed by atoms with Gasteiger partial charge in [0.15, 0.2) is 0 Å². The number of carbonyl (C=O) groups is 2. The zero-order valence-corrected chi connectivity index (χ0v) is 10.8. The fraction of sp³-hybridized carbons (Fsp3) is 0. The minimum atomic E-state index is -0.967. The molecule has 2 aromatic rings. The van der Waals surface area contributed by atoms with Crippen molar-refractivity contribution in [3.05, 3.63) is 59.7 Å². The summed E-state index contributed by atoms with van der Waals surface area (Å²) in [6, 6.07) is 13.3. The summed E-state index contributed by atoms with van der Waals surface area (Å²) in [5, 5.41) is 19.6. The maximum atomic E-state index is 10.9. The molecule has 0 aromatic heterocycles. The van der Waals surface area contributed by atoms with Gasteiger partial charge in [-0.2, -0.15) is 0 Å². The van der Waals surface area contributed by atoms with E-state index < -0.39 is 11.9 Å². The Balaban J connectivity index is 2.26. The molecule has 0 aliphatic carbocycles. The topological polar surface area (TPSA) is 74.6 Å². The van der Waals surface area contributed by atoms with Crippen LogP contribution in [0.25, 0.3) is 0 Å². The van der Waals surface area contributed by atoms with E-state index in [4.69, 9.17) is 10.2 Å². The highest BCUT2D eigenvalue weighted by atomic mass is 31.1. The Morgan fingerprint density at radius 3 is 1.58 bits per heavy atom. The molecule has 4 nitrogen and oxygen atoms in total. The lowest BCUT2D eigenvalue weighted by atomic mass is 10.2. The molecule has 96 valence electrons. The van der Waals surface area contributed by atoms with Gasteiger partial charge in [-0.3, -0.25) is 0 Å². The smallest absolute Gasteiger partial charge is 0.335 e. The zero-order chi connectivity index (χ0) is 13.8. The van der Waals surface area contributed by atoms with Crippen molar-refractivity contribution in [1.29, 1.82) is 0 Å². The number of hydrogen-bond donors (Lipinski definition) is 2. The van der Waals surface area contributed by atoms with E-state index in [0.717, 1.165) is 10.6 Å². The first-order valence-electron chi connectivity index (χ1n) is 5.50. The number of rotatable bonds is 4. The first kappa shape index (κ1) is 13.2. The van der Waals surface area contributed by atoms with E-state index in [0.29, 0.717) is 0 Å².